The molecule has 0 unspecified atom stereocenters. The van der Waals surface area contributed by atoms with E-state index in [1.165, 1.54) is 0 Å². The van der Waals surface area contributed by atoms with Crippen LogP contribution in [0.3, 0.4) is 0 Å². The molecular weight excluding hydrogens is 272 g/mol. The van der Waals surface area contributed by atoms with Crippen molar-refractivity contribution in [1.82, 2.24) is 4.31 Å². The molecule has 0 spiro atoms. The Morgan fingerprint density at radius 1 is 1.20 bits per heavy atom. The molecule has 1 aliphatic heterocycles. The molecule has 5 heteroatoms. The molecule has 2 rings (SSSR count). The first-order valence-electron chi connectivity index (χ1n) is 7.08. The average Bonchev–Trinajstić information content (AvgIpc) is 2.38. The third-order valence-corrected chi connectivity index (χ3v) is 5.90. The van der Waals surface area contributed by atoms with Gasteiger partial charge in [-0.25, -0.2) is 12.7 Å². The van der Waals surface area contributed by atoms with Crippen LogP contribution >= 0.6 is 0 Å². The van der Waals surface area contributed by atoms with Gasteiger partial charge in [-0.1, -0.05) is 38.1 Å². The first-order valence-corrected chi connectivity index (χ1v) is 8.69. The number of sulfonamides is 1. The van der Waals surface area contributed by atoms with E-state index in [2.05, 4.69) is 13.8 Å². The second-order valence-corrected chi connectivity index (χ2v) is 8.31. The summed E-state index contributed by atoms with van der Waals surface area (Å²) in [5, 5.41) is 0. The fraction of sp³-hybridized carbons (Fsp3) is 0.600. The van der Waals surface area contributed by atoms with Gasteiger partial charge in [-0.2, -0.15) is 0 Å². The summed E-state index contributed by atoms with van der Waals surface area (Å²) in [6.45, 7) is 6.09. The molecule has 1 saturated heterocycles. The second kappa shape index (κ2) is 5.84. The SMILES string of the molecule is CC1(C)CCN(S(=O)(=O)Cc2cccc(CN)c2)CC1. The van der Waals surface area contributed by atoms with E-state index >= 15 is 0 Å². The van der Waals surface area contributed by atoms with Crippen molar-refractivity contribution in [1.29, 1.82) is 0 Å². The lowest BCUT2D eigenvalue weighted by atomic mass is 9.83. The van der Waals surface area contributed by atoms with Crippen LogP contribution in [0, 0.1) is 5.41 Å². The van der Waals surface area contributed by atoms with Gasteiger partial charge in [0.15, 0.2) is 0 Å². The molecule has 112 valence electrons. The van der Waals surface area contributed by atoms with E-state index in [1.54, 1.807) is 4.31 Å². The molecule has 0 atom stereocenters. The van der Waals surface area contributed by atoms with Crippen LogP contribution < -0.4 is 5.73 Å². The zero-order chi connectivity index (χ0) is 14.8. The summed E-state index contributed by atoms with van der Waals surface area (Å²) < 4.78 is 26.6. The Morgan fingerprint density at radius 3 is 2.40 bits per heavy atom. The van der Waals surface area contributed by atoms with Crippen molar-refractivity contribution in [2.45, 2.75) is 39.0 Å². The van der Waals surface area contributed by atoms with Gasteiger partial charge in [0.2, 0.25) is 10.0 Å². The Bertz CT molecular complexity index is 557. The maximum atomic E-state index is 12.5. The summed E-state index contributed by atoms with van der Waals surface area (Å²) in [5.41, 5.74) is 7.64. The number of piperidine rings is 1. The lowest BCUT2D eigenvalue weighted by molar-refractivity contribution is 0.195. The second-order valence-electron chi connectivity index (χ2n) is 6.34. The van der Waals surface area contributed by atoms with Crippen molar-refractivity contribution in [2.75, 3.05) is 13.1 Å². The molecule has 0 amide bonds. The average molecular weight is 296 g/mol. The summed E-state index contributed by atoms with van der Waals surface area (Å²) in [7, 11) is -3.22. The van der Waals surface area contributed by atoms with Gasteiger partial charge in [-0.05, 0) is 29.4 Å². The Morgan fingerprint density at radius 2 is 1.80 bits per heavy atom. The third-order valence-electron chi connectivity index (χ3n) is 4.05. The van der Waals surface area contributed by atoms with Gasteiger partial charge in [0.05, 0.1) is 5.75 Å². The van der Waals surface area contributed by atoms with E-state index in [0.717, 1.165) is 24.0 Å². The van der Waals surface area contributed by atoms with Crippen molar-refractivity contribution in [2.24, 2.45) is 11.1 Å². The van der Waals surface area contributed by atoms with Crippen molar-refractivity contribution in [3.8, 4) is 0 Å². The molecule has 1 aliphatic rings. The standard InChI is InChI=1S/C15H24N2O2S/c1-15(2)6-8-17(9-7-15)20(18,19)12-14-5-3-4-13(10-14)11-16/h3-5,10H,6-9,11-12,16H2,1-2H3. The minimum Gasteiger partial charge on any atom is -0.326 e. The van der Waals surface area contributed by atoms with Crippen LogP contribution in [0.5, 0.6) is 0 Å². The molecule has 1 heterocycles. The first kappa shape index (κ1) is 15.5. The Kier molecular flexibility index (Phi) is 4.52. The highest BCUT2D eigenvalue weighted by Crippen LogP contribution is 2.31. The smallest absolute Gasteiger partial charge is 0.218 e. The van der Waals surface area contributed by atoms with Crippen LogP contribution in [0.2, 0.25) is 0 Å². The third kappa shape index (κ3) is 3.81. The number of nitrogens with two attached hydrogens (primary N) is 1. The predicted octanol–water partition coefficient (Wildman–Crippen LogP) is 2.10. The molecule has 2 N–H and O–H groups in total. The number of nitrogens with zero attached hydrogens (tertiary/aromatic N) is 1. The summed E-state index contributed by atoms with van der Waals surface area (Å²) in [5.74, 6) is 0.0707. The van der Waals surface area contributed by atoms with E-state index in [9.17, 15) is 8.42 Å². The van der Waals surface area contributed by atoms with Crippen LogP contribution in [-0.4, -0.2) is 25.8 Å². The predicted molar refractivity (Wildman–Crippen MR) is 81.5 cm³/mol. The molecule has 4 nitrogen and oxygen atoms in total. The van der Waals surface area contributed by atoms with Gasteiger partial charge in [0.25, 0.3) is 0 Å². The van der Waals surface area contributed by atoms with Crippen LogP contribution in [0.15, 0.2) is 24.3 Å². The quantitative estimate of drug-likeness (QED) is 0.925. The molecule has 0 saturated carbocycles. The number of hydrogen-bond acceptors (Lipinski definition) is 3. The summed E-state index contributed by atoms with van der Waals surface area (Å²) in [4.78, 5) is 0. The first-order chi connectivity index (χ1) is 9.32. The lowest BCUT2D eigenvalue weighted by Gasteiger charge is -2.36. The fourth-order valence-corrected chi connectivity index (χ4v) is 4.04. The normalized spacial score (nSPS) is 19.9. The van der Waals surface area contributed by atoms with Crippen molar-refractivity contribution >= 4 is 10.0 Å². The molecule has 1 aromatic rings. The monoisotopic (exact) mass is 296 g/mol. The van der Waals surface area contributed by atoms with E-state index in [-0.39, 0.29) is 11.2 Å². The van der Waals surface area contributed by atoms with Gasteiger partial charge >= 0.3 is 0 Å². The molecule has 0 radical (unpaired) electrons. The molecule has 0 aliphatic carbocycles. The van der Waals surface area contributed by atoms with E-state index in [1.807, 2.05) is 24.3 Å². The van der Waals surface area contributed by atoms with Crippen LogP contribution in [-0.2, 0) is 22.3 Å². The minimum atomic E-state index is -3.22. The number of benzene rings is 1. The van der Waals surface area contributed by atoms with Gasteiger partial charge in [-0.3, -0.25) is 0 Å². The van der Waals surface area contributed by atoms with Crippen LogP contribution in [0.25, 0.3) is 0 Å². The molecular formula is C15H24N2O2S. The molecule has 20 heavy (non-hydrogen) atoms. The van der Waals surface area contributed by atoms with Crippen molar-refractivity contribution < 1.29 is 8.42 Å². The summed E-state index contributed by atoms with van der Waals surface area (Å²) >= 11 is 0. The maximum absolute atomic E-state index is 12.5. The van der Waals surface area contributed by atoms with Gasteiger partial charge < -0.3 is 5.73 Å². The molecule has 1 fully saturated rings. The van der Waals surface area contributed by atoms with Crippen LogP contribution in [0.1, 0.15) is 37.8 Å². The van der Waals surface area contributed by atoms with Gasteiger partial charge in [-0.15, -0.1) is 0 Å². The zero-order valence-electron chi connectivity index (χ0n) is 12.3. The highest BCUT2D eigenvalue weighted by atomic mass is 32.2. The van der Waals surface area contributed by atoms with Crippen molar-refractivity contribution in [3.05, 3.63) is 35.4 Å². The molecule has 0 bridgehead atoms. The van der Waals surface area contributed by atoms with Crippen LogP contribution in [0.4, 0.5) is 0 Å². The minimum absolute atomic E-state index is 0.0707. The topological polar surface area (TPSA) is 63.4 Å². The highest BCUT2D eigenvalue weighted by Gasteiger charge is 2.31. The molecule has 0 aromatic heterocycles. The largest absolute Gasteiger partial charge is 0.326 e. The van der Waals surface area contributed by atoms with E-state index in [0.29, 0.717) is 19.6 Å². The lowest BCUT2D eigenvalue weighted by Crippen LogP contribution is -2.41. The maximum Gasteiger partial charge on any atom is 0.218 e. The highest BCUT2D eigenvalue weighted by molar-refractivity contribution is 7.88. The number of hydrogen-bond donors (Lipinski definition) is 1. The Hall–Kier alpha value is -0.910. The van der Waals surface area contributed by atoms with Crippen molar-refractivity contribution in [3.63, 3.8) is 0 Å². The fourth-order valence-electron chi connectivity index (χ4n) is 2.52. The van der Waals surface area contributed by atoms with Gasteiger partial charge in [0, 0.05) is 19.6 Å². The summed E-state index contributed by atoms with van der Waals surface area (Å²) in [6, 6.07) is 7.52. The Balaban J connectivity index is 2.07. The summed E-state index contributed by atoms with van der Waals surface area (Å²) in [6.07, 6.45) is 1.85. The van der Waals surface area contributed by atoms with E-state index in [4.69, 9.17) is 5.73 Å². The molecule has 1 aromatic carbocycles. The van der Waals surface area contributed by atoms with E-state index < -0.39 is 10.0 Å². The Labute approximate surface area is 122 Å². The van der Waals surface area contributed by atoms with Gasteiger partial charge in [0.1, 0.15) is 0 Å². The number of rotatable bonds is 4. The zero-order valence-corrected chi connectivity index (χ0v) is 13.1.